The number of rotatable bonds is 7. The van der Waals surface area contributed by atoms with E-state index in [9.17, 15) is 0 Å². The first-order valence-electron chi connectivity index (χ1n) is 6.30. The summed E-state index contributed by atoms with van der Waals surface area (Å²) in [5.74, 6) is 2.60. The van der Waals surface area contributed by atoms with Crippen LogP contribution in [0.4, 0.5) is 0 Å². The van der Waals surface area contributed by atoms with Crippen LogP contribution < -0.4 is 14.8 Å². The van der Waals surface area contributed by atoms with Gasteiger partial charge in [-0.15, -0.1) is 0 Å². The van der Waals surface area contributed by atoms with Crippen LogP contribution in [-0.4, -0.2) is 26.3 Å². The van der Waals surface area contributed by atoms with Crippen molar-refractivity contribution in [1.29, 1.82) is 0 Å². The van der Waals surface area contributed by atoms with Crippen LogP contribution in [0.1, 0.15) is 19.8 Å². The second-order valence-electron chi connectivity index (χ2n) is 4.61. The lowest BCUT2D eigenvalue weighted by atomic mass is 10.2. The van der Waals surface area contributed by atoms with Crippen LogP contribution in [0.25, 0.3) is 0 Å². The topological polar surface area (TPSA) is 30.5 Å². The van der Waals surface area contributed by atoms with E-state index in [2.05, 4.69) is 12.2 Å². The Morgan fingerprint density at radius 1 is 1.35 bits per heavy atom. The van der Waals surface area contributed by atoms with E-state index in [0.29, 0.717) is 12.6 Å². The molecule has 3 heteroatoms. The molecule has 1 aromatic rings. The van der Waals surface area contributed by atoms with Crippen LogP contribution >= 0.6 is 0 Å². The van der Waals surface area contributed by atoms with Gasteiger partial charge in [-0.05, 0) is 37.8 Å². The smallest absolute Gasteiger partial charge is 0.123 e. The molecule has 1 saturated carbocycles. The molecule has 1 aliphatic carbocycles. The molecule has 0 saturated heterocycles. The Labute approximate surface area is 103 Å². The molecule has 1 N–H and O–H groups in total. The van der Waals surface area contributed by atoms with E-state index in [1.165, 1.54) is 12.8 Å². The number of benzene rings is 1. The fourth-order valence-electron chi connectivity index (χ4n) is 1.91. The van der Waals surface area contributed by atoms with Crippen molar-refractivity contribution in [3.8, 4) is 11.5 Å². The van der Waals surface area contributed by atoms with Crippen molar-refractivity contribution in [1.82, 2.24) is 5.32 Å². The predicted molar refractivity (Wildman–Crippen MR) is 68.7 cm³/mol. The molecule has 0 aliphatic heterocycles. The maximum absolute atomic E-state index is 5.66. The molecular weight excluding hydrogens is 214 g/mol. The summed E-state index contributed by atoms with van der Waals surface area (Å²) in [5.41, 5.74) is 0. The monoisotopic (exact) mass is 235 g/mol. The van der Waals surface area contributed by atoms with Crippen LogP contribution in [0, 0.1) is 5.92 Å². The molecule has 94 valence electrons. The molecule has 1 unspecified atom stereocenters. The Hall–Kier alpha value is -1.22. The van der Waals surface area contributed by atoms with E-state index in [1.54, 1.807) is 7.11 Å². The Balaban J connectivity index is 1.66. The standard InChI is InChI=1S/C14H21NO2/c1-11(12-6-7-12)15-8-9-17-14-5-3-4-13(10-14)16-2/h3-5,10-12,15H,6-9H2,1-2H3. The van der Waals surface area contributed by atoms with Gasteiger partial charge in [-0.3, -0.25) is 0 Å². The zero-order valence-electron chi connectivity index (χ0n) is 10.6. The average Bonchev–Trinajstić information content (AvgIpc) is 3.19. The van der Waals surface area contributed by atoms with Gasteiger partial charge in [0, 0.05) is 18.7 Å². The molecule has 1 aromatic carbocycles. The highest BCUT2D eigenvalue weighted by atomic mass is 16.5. The van der Waals surface area contributed by atoms with Crippen molar-refractivity contribution in [2.45, 2.75) is 25.8 Å². The van der Waals surface area contributed by atoms with Gasteiger partial charge in [0.25, 0.3) is 0 Å². The maximum Gasteiger partial charge on any atom is 0.123 e. The lowest BCUT2D eigenvalue weighted by molar-refractivity contribution is 0.301. The summed E-state index contributed by atoms with van der Waals surface area (Å²) in [6.45, 7) is 3.85. The molecule has 17 heavy (non-hydrogen) atoms. The average molecular weight is 235 g/mol. The summed E-state index contributed by atoms with van der Waals surface area (Å²) in [6, 6.07) is 8.34. The third-order valence-corrected chi connectivity index (χ3v) is 3.21. The molecule has 0 radical (unpaired) electrons. The molecule has 0 aromatic heterocycles. The number of nitrogens with one attached hydrogen (secondary N) is 1. The summed E-state index contributed by atoms with van der Waals surface area (Å²) < 4.78 is 10.8. The largest absolute Gasteiger partial charge is 0.497 e. The van der Waals surface area contributed by atoms with Gasteiger partial charge in [0.2, 0.25) is 0 Å². The number of hydrogen-bond donors (Lipinski definition) is 1. The summed E-state index contributed by atoms with van der Waals surface area (Å²) in [6.07, 6.45) is 2.76. The summed E-state index contributed by atoms with van der Waals surface area (Å²) >= 11 is 0. The Morgan fingerprint density at radius 3 is 2.82 bits per heavy atom. The highest BCUT2D eigenvalue weighted by molar-refractivity contribution is 5.32. The first kappa shape index (κ1) is 12.2. The van der Waals surface area contributed by atoms with Gasteiger partial charge >= 0.3 is 0 Å². The molecule has 1 fully saturated rings. The molecule has 0 spiro atoms. The van der Waals surface area contributed by atoms with Crippen molar-refractivity contribution in [3.63, 3.8) is 0 Å². The number of methoxy groups -OCH3 is 1. The quantitative estimate of drug-likeness (QED) is 0.736. The van der Waals surface area contributed by atoms with Crippen LogP contribution in [0.2, 0.25) is 0 Å². The van der Waals surface area contributed by atoms with Crippen molar-refractivity contribution in [3.05, 3.63) is 24.3 Å². The SMILES string of the molecule is COc1cccc(OCCNC(C)C2CC2)c1. The van der Waals surface area contributed by atoms with Crippen LogP contribution in [0.5, 0.6) is 11.5 Å². The lowest BCUT2D eigenvalue weighted by Gasteiger charge is -2.13. The zero-order valence-corrected chi connectivity index (χ0v) is 10.6. The molecule has 0 bridgehead atoms. The fraction of sp³-hybridized carbons (Fsp3) is 0.571. The number of hydrogen-bond acceptors (Lipinski definition) is 3. The van der Waals surface area contributed by atoms with Gasteiger partial charge in [0.05, 0.1) is 7.11 Å². The van der Waals surface area contributed by atoms with E-state index in [-0.39, 0.29) is 0 Å². The Kier molecular flexibility index (Phi) is 4.26. The minimum atomic E-state index is 0.629. The van der Waals surface area contributed by atoms with Crippen molar-refractivity contribution >= 4 is 0 Å². The first-order chi connectivity index (χ1) is 8.29. The van der Waals surface area contributed by atoms with Crippen molar-refractivity contribution < 1.29 is 9.47 Å². The molecule has 0 heterocycles. The van der Waals surface area contributed by atoms with Gasteiger partial charge in [-0.2, -0.15) is 0 Å². The highest BCUT2D eigenvalue weighted by Gasteiger charge is 2.27. The van der Waals surface area contributed by atoms with Gasteiger partial charge in [0.15, 0.2) is 0 Å². The van der Waals surface area contributed by atoms with Crippen LogP contribution in [-0.2, 0) is 0 Å². The van der Waals surface area contributed by atoms with Crippen molar-refractivity contribution in [2.24, 2.45) is 5.92 Å². The highest BCUT2D eigenvalue weighted by Crippen LogP contribution is 2.32. The van der Waals surface area contributed by atoms with Gasteiger partial charge in [-0.1, -0.05) is 6.07 Å². The molecule has 2 rings (SSSR count). The Bertz CT molecular complexity index is 350. The molecule has 1 atom stereocenters. The minimum absolute atomic E-state index is 0.629. The van der Waals surface area contributed by atoms with E-state index >= 15 is 0 Å². The van der Waals surface area contributed by atoms with Crippen molar-refractivity contribution in [2.75, 3.05) is 20.3 Å². The predicted octanol–water partition coefficient (Wildman–Crippen LogP) is 2.46. The maximum atomic E-state index is 5.66. The molecule has 0 amide bonds. The third-order valence-electron chi connectivity index (χ3n) is 3.21. The molecule has 3 nitrogen and oxygen atoms in total. The summed E-state index contributed by atoms with van der Waals surface area (Å²) in [7, 11) is 1.66. The van der Waals surface area contributed by atoms with Crippen LogP contribution in [0.3, 0.4) is 0 Å². The normalized spacial score (nSPS) is 16.6. The fourth-order valence-corrected chi connectivity index (χ4v) is 1.91. The Morgan fingerprint density at radius 2 is 2.12 bits per heavy atom. The molecule has 1 aliphatic rings. The van der Waals surface area contributed by atoms with E-state index < -0.39 is 0 Å². The number of ether oxygens (including phenoxy) is 2. The second-order valence-corrected chi connectivity index (χ2v) is 4.61. The molecular formula is C14H21NO2. The van der Waals surface area contributed by atoms with E-state index in [0.717, 1.165) is 24.0 Å². The van der Waals surface area contributed by atoms with Gasteiger partial charge in [-0.25, -0.2) is 0 Å². The van der Waals surface area contributed by atoms with Gasteiger partial charge < -0.3 is 14.8 Å². The first-order valence-corrected chi connectivity index (χ1v) is 6.30. The van der Waals surface area contributed by atoms with E-state index in [1.807, 2.05) is 24.3 Å². The summed E-state index contributed by atoms with van der Waals surface area (Å²) in [5, 5.41) is 3.49. The lowest BCUT2D eigenvalue weighted by Crippen LogP contribution is -2.31. The second kappa shape index (κ2) is 5.92. The third kappa shape index (κ3) is 3.93. The minimum Gasteiger partial charge on any atom is -0.497 e. The zero-order chi connectivity index (χ0) is 12.1. The van der Waals surface area contributed by atoms with Gasteiger partial charge in [0.1, 0.15) is 18.1 Å². The summed E-state index contributed by atoms with van der Waals surface area (Å²) in [4.78, 5) is 0. The van der Waals surface area contributed by atoms with E-state index in [4.69, 9.17) is 9.47 Å². The van der Waals surface area contributed by atoms with Crippen LogP contribution in [0.15, 0.2) is 24.3 Å².